The zero-order valence-electron chi connectivity index (χ0n) is 7.75. The van der Waals surface area contributed by atoms with Gasteiger partial charge in [0, 0.05) is 17.9 Å². The topological polar surface area (TPSA) is 38.9 Å². The molecule has 0 saturated heterocycles. The third kappa shape index (κ3) is 3.01. The van der Waals surface area contributed by atoms with Crippen LogP contribution in [0.25, 0.3) is 0 Å². The van der Waals surface area contributed by atoms with E-state index in [-0.39, 0.29) is 6.04 Å². The molecule has 0 amide bonds. The standard InChI is InChI=1S/C10H16N2/c1-8-5-6-12-10(7-8)4-3-9(2)11/h5-7,9H,3-4,11H2,1-2H3/t9-/m0/s1. The molecule has 0 aliphatic heterocycles. The van der Waals surface area contributed by atoms with E-state index in [0.717, 1.165) is 18.5 Å². The van der Waals surface area contributed by atoms with Crippen molar-refractivity contribution in [1.82, 2.24) is 4.98 Å². The Morgan fingerprint density at radius 3 is 2.92 bits per heavy atom. The van der Waals surface area contributed by atoms with E-state index in [1.807, 2.05) is 19.2 Å². The lowest BCUT2D eigenvalue weighted by Crippen LogP contribution is -2.15. The maximum atomic E-state index is 5.65. The summed E-state index contributed by atoms with van der Waals surface area (Å²) in [6, 6.07) is 4.39. The highest BCUT2D eigenvalue weighted by Gasteiger charge is 1.97. The highest BCUT2D eigenvalue weighted by atomic mass is 14.7. The van der Waals surface area contributed by atoms with E-state index in [9.17, 15) is 0 Å². The van der Waals surface area contributed by atoms with Crippen LogP contribution in [0.1, 0.15) is 24.6 Å². The molecular weight excluding hydrogens is 148 g/mol. The van der Waals surface area contributed by atoms with E-state index >= 15 is 0 Å². The fraction of sp³-hybridized carbons (Fsp3) is 0.500. The Balaban J connectivity index is 2.52. The monoisotopic (exact) mass is 164 g/mol. The molecule has 1 heterocycles. The van der Waals surface area contributed by atoms with Gasteiger partial charge < -0.3 is 5.73 Å². The first-order valence-electron chi connectivity index (χ1n) is 4.35. The molecule has 0 bridgehead atoms. The minimum atomic E-state index is 0.271. The van der Waals surface area contributed by atoms with Crippen LogP contribution in [-0.2, 0) is 6.42 Å². The number of aromatic nitrogens is 1. The van der Waals surface area contributed by atoms with Gasteiger partial charge in [-0.1, -0.05) is 0 Å². The Morgan fingerprint density at radius 2 is 2.33 bits per heavy atom. The zero-order chi connectivity index (χ0) is 8.97. The second kappa shape index (κ2) is 4.21. The van der Waals surface area contributed by atoms with E-state index in [1.54, 1.807) is 0 Å². The van der Waals surface area contributed by atoms with E-state index in [0.29, 0.717) is 0 Å². The first-order valence-corrected chi connectivity index (χ1v) is 4.35. The van der Waals surface area contributed by atoms with Crippen LogP contribution in [0.2, 0.25) is 0 Å². The number of rotatable bonds is 3. The molecule has 0 aliphatic carbocycles. The summed E-state index contributed by atoms with van der Waals surface area (Å²) < 4.78 is 0. The van der Waals surface area contributed by atoms with Crippen molar-refractivity contribution in [2.24, 2.45) is 5.73 Å². The van der Waals surface area contributed by atoms with Crippen molar-refractivity contribution >= 4 is 0 Å². The van der Waals surface area contributed by atoms with Crippen LogP contribution >= 0.6 is 0 Å². The van der Waals surface area contributed by atoms with Crippen molar-refractivity contribution in [3.8, 4) is 0 Å². The van der Waals surface area contributed by atoms with Gasteiger partial charge in [-0.25, -0.2) is 0 Å². The molecule has 2 nitrogen and oxygen atoms in total. The van der Waals surface area contributed by atoms with E-state index < -0.39 is 0 Å². The zero-order valence-corrected chi connectivity index (χ0v) is 7.75. The van der Waals surface area contributed by atoms with Crippen LogP contribution in [0, 0.1) is 6.92 Å². The number of hydrogen-bond donors (Lipinski definition) is 1. The van der Waals surface area contributed by atoms with Gasteiger partial charge in [-0.05, 0) is 44.4 Å². The van der Waals surface area contributed by atoms with Gasteiger partial charge in [-0.2, -0.15) is 0 Å². The third-order valence-corrected chi connectivity index (χ3v) is 1.83. The van der Waals surface area contributed by atoms with Crippen molar-refractivity contribution in [3.05, 3.63) is 29.6 Å². The first kappa shape index (κ1) is 9.20. The number of pyridine rings is 1. The minimum absolute atomic E-state index is 0.271. The van der Waals surface area contributed by atoms with Crippen molar-refractivity contribution in [3.63, 3.8) is 0 Å². The minimum Gasteiger partial charge on any atom is -0.328 e. The Hall–Kier alpha value is -0.890. The molecule has 0 aliphatic rings. The van der Waals surface area contributed by atoms with Gasteiger partial charge in [0.15, 0.2) is 0 Å². The fourth-order valence-corrected chi connectivity index (χ4v) is 1.11. The molecular formula is C10H16N2. The molecule has 1 aromatic rings. The van der Waals surface area contributed by atoms with Crippen LogP contribution < -0.4 is 5.73 Å². The summed E-state index contributed by atoms with van der Waals surface area (Å²) in [6.45, 7) is 4.10. The summed E-state index contributed by atoms with van der Waals surface area (Å²) in [4.78, 5) is 4.26. The van der Waals surface area contributed by atoms with Gasteiger partial charge in [0.25, 0.3) is 0 Å². The van der Waals surface area contributed by atoms with Crippen molar-refractivity contribution < 1.29 is 0 Å². The SMILES string of the molecule is Cc1ccnc(CC[C@H](C)N)c1. The number of aryl methyl sites for hydroxylation is 2. The van der Waals surface area contributed by atoms with E-state index in [1.165, 1.54) is 5.56 Å². The molecule has 1 rings (SSSR count). The Morgan fingerprint density at radius 1 is 1.58 bits per heavy atom. The molecule has 1 aromatic heterocycles. The first-order chi connectivity index (χ1) is 5.68. The molecule has 0 spiro atoms. The van der Waals surface area contributed by atoms with Crippen LogP contribution in [0.4, 0.5) is 0 Å². The fourth-order valence-electron chi connectivity index (χ4n) is 1.11. The molecule has 0 aromatic carbocycles. The smallest absolute Gasteiger partial charge is 0.0406 e. The largest absolute Gasteiger partial charge is 0.328 e. The molecule has 2 N–H and O–H groups in total. The van der Waals surface area contributed by atoms with Crippen LogP contribution in [0.3, 0.4) is 0 Å². The van der Waals surface area contributed by atoms with Crippen molar-refractivity contribution in [2.75, 3.05) is 0 Å². The maximum absolute atomic E-state index is 5.65. The third-order valence-electron chi connectivity index (χ3n) is 1.83. The molecule has 12 heavy (non-hydrogen) atoms. The second-order valence-electron chi connectivity index (χ2n) is 3.34. The Kier molecular flexibility index (Phi) is 3.23. The van der Waals surface area contributed by atoms with E-state index in [2.05, 4.69) is 18.0 Å². The molecule has 0 unspecified atom stereocenters. The second-order valence-corrected chi connectivity index (χ2v) is 3.34. The predicted octanol–water partition coefficient (Wildman–Crippen LogP) is 1.67. The summed E-state index contributed by atoms with van der Waals surface area (Å²) in [5, 5.41) is 0. The van der Waals surface area contributed by atoms with Crippen molar-refractivity contribution in [1.29, 1.82) is 0 Å². The van der Waals surface area contributed by atoms with Gasteiger partial charge in [0.05, 0.1) is 0 Å². The molecule has 1 atom stereocenters. The predicted molar refractivity (Wildman–Crippen MR) is 50.9 cm³/mol. The average Bonchev–Trinajstić information content (AvgIpc) is 2.01. The molecule has 2 heteroatoms. The average molecular weight is 164 g/mol. The molecule has 0 fully saturated rings. The highest BCUT2D eigenvalue weighted by molar-refractivity contribution is 5.14. The summed E-state index contributed by atoms with van der Waals surface area (Å²) in [6.07, 6.45) is 3.85. The van der Waals surface area contributed by atoms with Gasteiger partial charge in [-0.15, -0.1) is 0 Å². The summed E-state index contributed by atoms with van der Waals surface area (Å²) in [5.74, 6) is 0. The molecule has 0 radical (unpaired) electrons. The summed E-state index contributed by atoms with van der Waals surface area (Å²) >= 11 is 0. The van der Waals surface area contributed by atoms with Crippen LogP contribution in [0.5, 0.6) is 0 Å². The van der Waals surface area contributed by atoms with Crippen molar-refractivity contribution in [2.45, 2.75) is 32.7 Å². The molecule has 66 valence electrons. The normalized spacial score (nSPS) is 12.9. The summed E-state index contributed by atoms with van der Waals surface area (Å²) in [7, 11) is 0. The number of nitrogens with two attached hydrogens (primary N) is 1. The quantitative estimate of drug-likeness (QED) is 0.738. The van der Waals surface area contributed by atoms with Crippen LogP contribution in [-0.4, -0.2) is 11.0 Å². The van der Waals surface area contributed by atoms with E-state index in [4.69, 9.17) is 5.73 Å². The lowest BCUT2D eigenvalue weighted by atomic mass is 10.1. The highest BCUT2D eigenvalue weighted by Crippen LogP contribution is 2.03. The Labute approximate surface area is 73.8 Å². The lowest BCUT2D eigenvalue weighted by molar-refractivity contribution is 0.658. The number of nitrogens with zero attached hydrogens (tertiary/aromatic N) is 1. The summed E-state index contributed by atoms with van der Waals surface area (Å²) in [5.41, 5.74) is 8.06. The molecule has 0 saturated carbocycles. The Bertz CT molecular complexity index is 243. The van der Waals surface area contributed by atoms with Gasteiger partial charge in [0.1, 0.15) is 0 Å². The van der Waals surface area contributed by atoms with Gasteiger partial charge in [0.2, 0.25) is 0 Å². The number of hydrogen-bond acceptors (Lipinski definition) is 2. The maximum Gasteiger partial charge on any atom is 0.0406 e. The van der Waals surface area contributed by atoms with Crippen LogP contribution in [0.15, 0.2) is 18.3 Å². The van der Waals surface area contributed by atoms with Gasteiger partial charge >= 0.3 is 0 Å². The lowest BCUT2D eigenvalue weighted by Gasteiger charge is -2.04. The van der Waals surface area contributed by atoms with Gasteiger partial charge in [-0.3, -0.25) is 4.98 Å².